The standard InChI is InChI=1S/C29H36N6O2/c1-19-7-20(2)13-34(12-19)14-22-8-21(3)31-26(9-22)35-15-23-5-6-24(10-25(23)28(35)36)29(16-37-17-29)11-27-32-30-18-33(27)4/h5-6,8-10,18-20H,7,11-17H2,1-4H3/t19-,20+. The molecule has 6 rings (SSSR count). The molecule has 0 spiro atoms. The quantitative estimate of drug-likeness (QED) is 0.514. The molecule has 1 amide bonds. The van der Waals surface area contributed by atoms with Crippen LogP contribution in [0, 0.1) is 18.8 Å². The number of ether oxygens (including phenoxy) is 1. The molecule has 3 aliphatic rings. The Labute approximate surface area is 218 Å². The van der Waals surface area contributed by atoms with Gasteiger partial charge in [-0.2, -0.15) is 0 Å². The number of pyridine rings is 1. The monoisotopic (exact) mass is 500 g/mol. The van der Waals surface area contributed by atoms with Crippen LogP contribution in [-0.2, 0) is 36.7 Å². The van der Waals surface area contributed by atoms with E-state index in [0.29, 0.717) is 31.6 Å². The number of rotatable bonds is 6. The van der Waals surface area contributed by atoms with Gasteiger partial charge in [0.05, 0.1) is 19.8 Å². The predicted molar refractivity (Wildman–Crippen MR) is 141 cm³/mol. The molecule has 0 bridgehead atoms. The summed E-state index contributed by atoms with van der Waals surface area (Å²) in [5.41, 5.74) is 4.94. The normalized spacial score (nSPS) is 23.2. The SMILES string of the molecule is Cc1cc(CN2C[C@H](C)C[C@H](C)C2)cc(N2Cc3ccc(C4(Cc5nncn5C)COC4)cc3C2=O)n1. The lowest BCUT2D eigenvalue weighted by Crippen LogP contribution is -2.49. The number of anilines is 1. The molecule has 1 aromatic carbocycles. The van der Waals surface area contributed by atoms with Crippen molar-refractivity contribution in [3.63, 3.8) is 0 Å². The number of aryl methyl sites for hydroxylation is 2. The van der Waals surface area contributed by atoms with Crippen LogP contribution in [0.5, 0.6) is 0 Å². The van der Waals surface area contributed by atoms with Crippen LogP contribution in [0.1, 0.15) is 58.8 Å². The maximum Gasteiger partial charge on any atom is 0.260 e. The number of piperidine rings is 1. The van der Waals surface area contributed by atoms with Gasteiger partial charge in [-0.3, -0.25) is 14.6 Å². The molecule has 2 atom stereocenters. The van der Waals surface area contributed by atoms with Crippen molar-refractivity contribution in [2.24, 2.45) is 18.9 Å². The Balaban J connectivity index is 1.24. The van der Waals surface area contributed by atoms with E-state index in [1.165, 1.54) is 12.0 Å². The zero-order valence-electron chi connectivity index (χ0n) is 22.3. The van der Waals surface area contributed by atoms with Gasteiger partial charge in [0, 0.05) is 49.8 Å². The molecule has 0 N–H and O–H groups in total. The Morgan fingerprint density at radius 1 is 1.11 bits per heavy atom. The summed E-state index contributed by atoms with van der Waals surface area (Å²) < 4.78 is 7.60. The highest BCUT2D eigenvalue weighted by atomic mass is 16.5. The number of nitrogens with zero attached hydrogens (tertiary/aromatic N) is 6. The van der Waals surface area contributed by atoms with Crippen molar-refractivity contribution in [2.45, 2.75) is 52.1 Å². The highest BCUT2D eigenvalue weighted by Crippen LogP contribution is 2.38. The van der Waals surface area contributed by atoms with Crippen molar-refractivity contribution in [1.29, 1.82) is 0 Å². The Kier molecular flexibility index (Phi) is 6.12. The van der Waals surface area contributed by atoms with Crippen molar-refractivity contribution < 1.29 is 9.53 Å². The van der Waals surface area contributed by atoms with Crippen molar-refractivity contribution in [2.75, 3.05) is 31.2 Å². The minimum atomic E-state index is -0.180. The molecule has 0 aliphatic carbocycles. The molecular weight excluding hydrogens is 464 g/mol. The lowest BCUT2D eigenvalue weighted by atomic mass is 9.75. The predicted octanol–water partition coefficient (Wildman–Crippen LogP) is 3.67. The van der Waals surface area contributed by atoms with Gasteiger partial charge in [-0.15, -0.1) is 10.2 Å². The number of carbonyl (C=O) groups is 1. The first-order chi connectivity index (χ1) is 17.8. The van der Waals surface area contributed by atoms with Crippen LogP contribution in [-0.4, -0.2) is 56.9 Å². The van der Waals surface area contributed by atoms with E-state index >= 15 is 0 Å². The average Bonchev–Trinajstić information content (AvgIpc) is 3.37. The third-order valence-electron chi connectivity index (χ3n) is 8.21. The molecule has 0 saturated carbocycles. The van der Waals surface area contributed by atoms with Gasteiger partial charge in [0.1, 0.15) is 18.0 Å². The van der Waals surface area contributed by atoms with Gasteiger partial charge in [0.2, 0.25) is 0 Å². The van der Waals surface area contributed by atoms with E-state index in [1.807, 2.05) is 23.4 Å². The van der Waals surface area contributed by atoms with Gasteiger partial charge >= 0.3 is 0 Å². The second-order valence-electron chi connectivity index (χ2n) is 11.7. The average molecular weight is 501 g/mol. The summed E-state index contributed by atoms with van der Waals surface area (Å²) in [6.07, 6.45) is 3.75. The van der Waals surface area contributed by atoms with E-state index in [9.17, 15) is 4.79 Å². The summed E-state index contributed by atoms with van der Waals surface area (Å²) in [5, 5.41) is 8.32. The number of benzene rings is 1. The highest BCUT2D eigenvalue weighted by molar-refractivity contribution is 6.09. The second kappa shape index (κ2) is 9.33. The zero-order valence-corrected chi connectivity index (χ0v) is 22.3. The lowest BCUT2D eigenvalue weighted by molar-refractivity contribution is -0.0611. The molecule has 0 unspecified atom stereocenters. The number of amides is 1. The molecule has 3 aliphatic heterocycles. The summed E-state index contributed by atoms with van der Waals surface area (Å²) in [6.45, 7) is 11.6. The van der Waals surface area contributed by atoms with Crippen LogP contribution in [0.3, 0.4) is 0 Å². The fourth-order valence-electron chi connectivity index (χ4n) is 6.43. The highest BCUT2D eigenvalue weighted by Gasteiger charge is 2.43. The number of hydrogen-bond acceptors (Lipinski definition) is 6. The first-order valence-corrected chi connectivity index (χ1v) is 13.4. The van der Waals surface area contributed by atoms with Gasteiger partial charge in [-0.05, 0) is 60.1 Å². The first-order valence-electron chi connectivity index (χ1n) is 13.4. The Bertz CT molecular complexity index is 1320. The molecule has 0 radical (unpaired) electrons. The molecule has 3 aromatic rings. The molecule has 8 heteroatoms. The van der Waals surface area contributed by atoms with Gasteiger partial charge in [0.15, 0.2) is 0 Å². The molecule has 2 aromatic heterocycles. The van der Waals surface area contributed by atoms with E-state index < -0.39 is 0 Å². The third-order valence-corrected chi connectivity index (χ3v) is 8.21. The largest absolute Gasteiger partial charge is 0.379 e. The van der Waals surface area contributed by atoms with Crippen LogP contribution >= 0.6 is 0 Å². The van der Waals surface area contributed by atoms with Gasteiger partial charge < -0.3 is 9.30 Å². The summed E-state index contributed by atoms with van der Waals surface area (Å²) in [7, 11) is 1.96. The number of likely N-dealkylation sites (tertiary alicyclic amines) is 1. The topological polar surface area (TPSA) is 76.4 Å². The van der Waals surface area contributed by atoms with Gasteiger partial charge in [-0.1, -0.05) is 26.0 Å². The van der Waals surface area contributed by atoms with Crippen molar-refractivity contribution in [1.82, 2.24) is 24.6 Å². The minimum Gasteiger partial charge on any atom is -0.379 e. The molecule has 37 heavy (non-hydrogen) atoms. The lowest BCUT2D eigenvalue weighted by Gasteiger charge is -2.41. The van der Waals surface area contributed by atoms with Gasteiger partial charge in [-0.25, -0.2) is 4.98 Å². The molecule has 2 saturated heterocycles. The summed E-state index contributed by atoms with van der Waals surface area (Å²) in [4.78, 5) is 22.8. The van der Waals surface area contributed by atoms with E-state index in [0.717, 1.165) is 60.1 Å². The number of fused-ring (bicyclic) bond motifs is 1. The van der Waals surface area contributed by atoms with Crippen LogP contribution in [0.15, 0.2) is 36.7 Å². The van der Waals surface area contributed by atoms with E-state index in [-0.39, 0.29) is 11.3 Å². The van der Waals surface area contributed by atoms with Crippen molar-refractivity contribution in [3.05, 3.63) is 70.4 Å². The minimum absolute atomic E-state index is 0.0233. The molecule has 2 fully saturated rings. The van der Waals surface area contributed by atoms with Crippen molar-refractivity contribution in [3.8, 4) is 0 Å². The molecule has 194 valence electrons. The fourth-order valence-corrected chi connectivity index (χ4v) is 6.43. The maximum absolute atomic E-state index is 13.7. The number of aromatic nitrogens is 4. The fraction of sp³-hybridized carbons (Fsp3) is 0.517. The van der Waals surface area contributed by atoms with E-state index in [1.54, 1.807) is 6.33 Å². The van der Waals surface area contributed by atoms with Crippen LogP contribution in [0.2, 0.25) is 0 Å². The van der Waals surface area contributed by atoms with E-state index in [4.69, 9.17) is 9.72 Å². The Morgan fingerprint density at radius 2 is 1.89 bits per heavy atom. The summed E-state index contributed by atoms with van der Waals surface area (Å²) >= 11 is 0. The molecular formula is C29H36N6O2. The van der Waals surface area contributed by atoms with Crippen LogP contribution in [0.4, 0.5) is 5.82 Å². The summed E-state index contributed by atoms with van der Waals surface area (Å²) in [5.74, 6) is 3.12. The zero-order chi connectivity index (χ0) is 25.7. The third kappa shape index (κ3) is 4.57. The number of carbonyl (C=O) groups excluding carboxylic acids is 1. The number of hydrogen-bond donors (Lipinski definition) is 0. The Hall–Kier alpha value is -3.10. The molecule has 5 heterocycles. The first kappa shape index (κ1) is 24.2. The smallest absolute Gasteiger partial charge is 0.260 e. The second-order valence-corrected chi connectivity index (χ2v) is 11.7. The summed E-state index contributed by atoms with van der Waals surface area (Å²) in [6, 6.07) is 10.6. The van der Waals surface area contributed by atoms with Gasteiger partial charge in [0.25, 0.3) is 5.91 Å². The Morgan fingerprint density at radius 3 is 2.57 bits per heavy atom. The van der Waals surface area contributed by atoms with Crippen LogP contribution < -0.4 is 4.90 Å². The molecule has 8 nitrogen and oxygen atoms in total. The van der Waals surface area contributed by atoms with E-state index in [2.05, 4.69) is 59.3 Å². The van der Waals surface area contributed by atoms with Crippen LogP contribution in [0.25, 0.3) is 0 Å². The maximum atomic E-state index is 13.7. The van der Waals surface area contributed by atoms with Crippen molar-refractivity contribution >= 4 is 11.7 Å².